The Labute approximate surface area is 195 Å². The lowest BCUT2D eigenvalue weighted by Gasteiger charge is -2.20. The van der Waals surface area contributed by atoms with Crippen molar-refractivity contribution in [2.24, 2.45) is 0 Å². The highest BCUT2D eigenvalue weighted by molar-refractivity contribution is 6.31. The largest absolute Gasteiger partial charge is 0.493 e. The number of carbonyl (C=O) groups is 1. The highest BCUT2D eigenvalue weighted by Gasteiger charge is 2.21. The van der Waals surface area contributed by atoms with Crippen molar-refractivity contribution in [2.45, 2.75) is 5.92 Å². The third-order valence-electron chi connectivity index (χ3n) is 5.45. The Balaban J connectivity index is 1.62. The van der Waals surface area contributed by atoms with Crippen LogP contribution in [0.3, 0.4) is 0 Å². The molecule has 8 heteroatoms. The summed E-state index contributed by atoms with van der Waals surface area (Å²) in [5, 5.41) is 6.60. The summed E-state index contributed by atoms with van der Waals surface area (Å²) in [7, 11) is 3.17. The number of hydrogen-bond donors (Lipinski definition) is 3. The molecule has 0 radical (unpaired) electrons. The topological polar surface area (TPSA) is 75.4 Å². The SMILES string of the molecule is COc1ccc([C@H](CNC(=O)Nc2ccc(F)c(Cl)c2)c2c[nH]c3ccccc23)cc1OC. The summed E-state index contributed by atoms with van der Waals surface area (Å²) >= 11 is 5.81. The van der Waals surface area contributed by atoms with Crippen molar-refractivity contribution < 1.29 is 18.7 Å². The maximum atomic E-state index is 13.4. The Morgan fingerprint density at radius 3 is 2.61 bits per heavy atom. The first-order valence-corrected chi connectivity index (χ1v) is 10.7. The van der Waals surface area contributed by atoms with Gasteiger partial charge in [0.05, 0.1) is 19.2 Å². The maximum Gasteiger partial charge on any atom is 0.319 e. The van der Waals surface area contributed by atoms with Crippen LogP contribution in [-0.4, -0.2) is 31.8 Å². The number of H-pyrrole nitrogens is 1. The number of nitrogens with one attached hydrogen (secondary N) is 3. The summed E-state index contributed by atoms with van der Waals surface area (Å²) in [5.41, 5.74) is 3.38. The van der Waals surface area contributed by atoms with E-state index >= 15 is 0 Å². The van der Waals surface area contributed by atoms with E-state index in [9.17, 15) is 9.18 Å². The number of carbonyl (C=O) groups excluding carboxylic acids is 1. The van der Waals surface area contributed by atoms with Gasteiger partial charge in [0, 0.05) is 35.2 Å². The fourth-order valence-electron chi connectivity index (χ4n) is 3.80. The second-order valence-corrected chi connectivity index (χ2v) is 7.83. The third-order valence-corrected chi connectivity index (χ3v) is 5.74. The monoisotopic (exact) mass is 467 g/mol. The molecular formula is C25H23ClFN3O3. The summed E-state index contributed by atoms with van der Waals surface area (Å²) in [6.07, 6.45) is 1.95. The number of methoxy groups -OCH3 is 2. The first-order valence-electron chi connectivity index (χ1n) is 10.3. The van der Waals surface area contributed by atoms with Gasteiger partial charge in [-0.3, -0.25) is 0 Å². The molecule has 0 saturated carbocycles. The van der Waals surface area contributed by atoms with Crippen LogP contribution in [0.5, 0.6) is 11.5 Å². The Bertz CT molecular complexity index is 1290. The quantitative estimate of drug-likeness (QED) is 0.315. The first-order chi connectivity index (χ1) is 16.0. The number of fused-ring (bicyclic) bond motifs is 1. The molecule has 0 aliphatic carbocycles. The van der Waals surface area contributed by atoms with Crippen LogP contribution >= 0.6 is 11.6 Å². The standard InChI is InChI=1S/C25H23ClFN3O3/c1-32-23-10-7-15(11-24(23)33-2)18(19-14-28-22-6-4-3-5-17(19)22)13-29-25(31)30-16-8-9-21(27)20(26)12-16/h3-12,14,18,28H,13H2,1-2H3,(H2,29,30,31)/t18-/m0/s1. The summed E-state index contributed by atoms with van der Waals surface area (Å²) in [5.74, 6) is 0.502. The van der Waals surface area contributed by atoms with Crippen LogP contribution in [0.15, 0.2) is 66.9 Å². The van der Waals surface area contributed by atoms with Crippen LogP contribution in [0.1, 0.15) is 17.0 Å². The average Bonchev–Trinajstić information content (AvgIpc) is 3.25. The minimum absolute atomic E-state index is 0.0604. The zero-order valence-electron chi connectivity index (χ0n) is 18.1. The molecule has 0 bridgehead atoms. The molecule has 0 aliphatic heterocycles. The molecule has 4 rings (SSSR count). The van der Waals surface area contributed by atoms with Gasteiger partial charge in [0.25, 0.3) is 0 Å². The van der Waals surface area contributed by atoms with Gasteiger partial charge in [-0.1, -0.05) is 35.9 Å². The summed E-state index contributed by atoms with van der Waals surface area (Å²) in [6.45, 7) is 0.304. The van der Waals surface area contributed by atoms with Gasteiger partial charge in [0.1, 0.15) is 5.82 Å². The number of ether oxygens (including phenoxy) is 2. The molecule has 33 heavy (non-hydrogen) atoms. The van der Waals surface area contributed by atoms with Crippen molar-refractivity contribution in [2.75, 3.05) is 26.1 Å². The van der Waals surface area contributed by atoms with Crippen LogP contribution in [0, 0.1) is 5.82 Å². The fraction of sp³-hybridized carbons (Fsp3) is 0.160. The van der Waals surface area contributed by atoms with Gasteiger partial charge in [-0.2, -0.15) is 0 Å². The number of anilines is 1. The summed E-state index contributed by atoms with van der Waals surface area (Å²) < 4.78 is 24.2. The van der Waals surface area contributed by atoms with Crippen LogP contribution < -0.4 is 20.1 Å². The zero-order valence-corrected chi connectivity index (χ0v) is 18.9. The van der Waals surface area contributed by atoms with Gasteiger partial charge in [0.15, 0.2) is 11.5 Å². The molecule has 4 aromatic rings. The van der Waals surface area contributed by atoms with Crippen molar-refractivity contribution in [3.05, 3.63) is 88.8 Å². The number of benzene rings is 3. The van der Waals surface area contributed by atoms with E-state index in [-0.39, 0.29) is 10.9 Å². The van der Waals surface area contributed by atoms with E-state index < -0.39 is 11.8 Å². The van der Waals surface area contributed by atoms with Crippen molar-refractivity contribution in [1.82, 2.24) is 10.3 Å². The molecule has 0 fully saturated rings. The molecule has 3 aromatic carbocycles. The summed E-state index contributed by atoms with van der Waals surface area (Å²) in [4.78, 5) is 15.9. The lowest BCUT2D eigenvalue weighted by atomic mass is 9.90. The molecular weight excluding hydrogens is 445 g/mol. The summed E-state index contributed by atoms with van der Waals surface area (Å²) in [6, 6.07) is 17.3. The second-order valence-electron chi connectivity index (χ2n) is 7.42. The minimum atomic E-state index is -0.546. The molecule has 2 amide bonds. The van der Waals surface area contributed by atoms with Crippen molar-refractivity contribution in [3.8, 4) is 11.5 Å². The fourth-order valence-corrected chi connectivity index (χ4v) is 3.98. The maximum absolute atomic E-state index is 13.4. The number of halogens is 2. The molecule has 170 valence electrons. The Hall–Kier alpha value is -3.71. The van der Waals surface area contributed by atoms with Gasteiger partial charge < -0.3 is 25.1 Å². The predicted octanol–water partition coefficient (Wildman–Crippen LogP) is 5.93. The Kier molecular flexibility index (Phi) is 6.70. The van der Waals surface area contributed by atoms with Crippen molar-refractivity contribution in [1.29, 1.82) is 0 Å². The van der Waals surface area contributed by atoms with E-state index in [1.54, 1.807) is 14.2 Å². The zero-order chi connectivity index (χ0) is 23.4. The number of rotatable bonds is 7. The van der Waals surface area contributed by atoms with Gasteiger partial charge in [0.2, 0.25) is 0 Å². The van der Waals surface area contributed by atoms with Crippen molar-refractivity contribution >= 4 is 34.2 Å². The highest BCUT2D eigenvalue weighted by Crippen LogP contribution is 2.35. The number of aromatic nitrogens is 1. The Morgan fingerprint density at radius 2 is 1.85 bits per heavy atom. The molecule has 0 unspecified atom stereocenters. The molecule has 6 nitrogen and oxygen atoms in total. The van der Waals surface area contributed by atoms with Crippen LogP contribution in [0.4, 0.5) is 14.9 Å². The van der Waals surface area contributed by atoms with Crippen LogP contribution in [-0.2, 0) is 0 Å². The van der Waals surface area contributed by atoms with Crippen LogP contribution in [0.25, 0.3) is 10.9 Å². The molecule has 3 N–H and O–H groups in total. The van der Waals surface area contributed by atoms with E-state index in [4.69, 9.17) is 21.1 Å². The molecule has 0 saturated heterocycles. The minimum Gasteiger partial charge on any atom is -0.493 e. The smallest absolute Gasteiger partial charge is 0.319 e. The third kappa shape index (κ3) is 4.88. The average molecular weight is 468 g/mol. The van der Waals surface area contributed by atoms with Gasteiger partial charge in [-0.25, -0.2) is 9.18 Å². The van der Waals surface area contributed by atoms with E-state index in [1.807, 2.05) is 48.7 Å². The highest BCUT2D eigenvalue weighted by atomic mass is 35.5. The molecule has 1 aromatic heterocycles. The lowest BCUT2D eigenvalue weighted by molar-refractivity contribution is 0.252. The normalized spacial score (nSPS) is 11.8. The van der Waals surface area contributed by atoms with Gasteiger partial charge in [-0.05, 0) is 47.5 Å². The number of amides is 2. The van der Waals surface area contributed by atoms with Gasteiger partial charge in [-0.15, -0.1) is 0 Å². The second kappa shape index (κ2) is 9.83. The lowest BCUT2D eigenvalue weighted by Crippen LogP contribution is -2.32. The van der Waals surface area contributed by atoms with Gasteiger partial charge >= 0.3 is 6.03 Å². The first kappa shape index (κ1) is 22.5. The molecule has 0 aliphatic rings. The van der Waals surface area contributed by atoms with E-state index in [2.05, 4.69) is 15.6 Å². The number of aromatic amines is 1. The predicted molar refractivity (Wildman–Crippen MR) is 128 cm³/mol. The van der Waals surface area contributed by atoms with Crippen LogP contribution in [0.2, 0.25) is 5.02 Å². The van der Waals surface area contributed by atoms with Crippen molar-refractivity contribution in [3.63, 3.8) is 0 Å². The molecule has 0 spiro atoms. The molecule has 1 heterocycles. The molecule has 1 atom stereocenters. The number of para-hydroxylation sites is 1. The Morgan fingerprint density at radius 1 is 1.06 bits per heavy atom. The number of urea groups is 1. The van der Waals surface area contributed by atoms with E-state index in [1.165, 1.54) is 18.2 Å². The van der Waals surface area contributed by atoms with E-state index in [0.717, 1.165) is 22.0 Å². The van der Waals surface area contributed by atoms with E-state index in [0.29, 0.717) is 23.7 Å². The number of hydrogen-bond acceptors (Lipinski definition) is 3.